The third kappa shape index (κ3) is 4.22. The molecule has 2 rings (SSSR count). The lowest BCUT2D eigenvalue weighted by Crippen LogP contribution is -2.23. The van der Waals surface area contributed by atoms with Crippen LogP contribution in [0.3, 0.4) is 0 Å². The lowest BCUT2D eigenvalue weighted by molar-refractivity contribution is 0.233. The molecule has 102 valence electrons. The maximum Gasteiger partial charge on any atom is 0.180 e. The summed E-state index contributed by atoms with van der Waals surface area (Å²) in [4.78, 5) is 7.42. The number of nitrogens with zero attached hydrogens (tertiary/aromatic N) is 2. The number of para-hydroxylation sites is 1. The van der Waals surface area contributed by atoms with E-state index in [2.05, 4.69) is 29.9 Å². The molecule has 2 aromatic rings. The van der Waals surface area contributed by atoms with Crippen LogP contribution in [0.2, 0.25) is 0 Å². The number of hydrogen-bond donors (Lipinski definition) is 1. The molecule has 1 heterocycles. The first kappa shape index (κ1) is 13.8. The fraction of sp³-hybridized carbons (Fsp3) is 0.357. The summed E-state index contributed by atoms with van der Waals surface area (Å²) in [5.74, 6) is 0.956. The highest BCUT2D eigenvalue weighted by Crippen LogP contribution is 2.17. The van der Waals surface area contributed by atoms with E-state index < -0.39 is 0 Å². The topological polar surface area (TPSA) is 51.4 Å². The largest absolute Gasteiger partial charge is 0.492 e. The zero-order valence-electron chi connectivity index (χ0n) is 11.3. The van der Waals surface area contributed by atoms with Gasteiger partial charge in [-0.15, -0.1) is 11.3 Å². The van der Waals surface area contributed by atoms with Crippen molar-refractivity contribution in [1.29, 1.82) is 0 Å². The molecule has 0 bridgehead atoms. The molecule has 0 aliphatic carbocycles. The number of likely N-dealkylation sites (N-methyl/N-ethyl adjacent to an activating group) is 1. The molecule has 0 saturated heterocycles. The van der Waals surface area contributed by atoms with Crippen molar-refractivity contribution >= 4 is 16.5 Å². The van der Waals surface area contributed by atoms with Gasteiger partial charge in [-0.2, -0.15) is 0 Å². The van der Waals surface area contributed by atoms with Gasteiger partial charge in [0.25, 0.3) is 0 Å². The third-order valence-corrected chi connectivity index (χ3v) is 3.63. The van der Waals surface area contributed by atoms with Gasteiger partial charge in [0.1, 0.15) is 12.4 Å². The Bertz CT molecular complexity index is 527. The SMILES string of the molecule is Cc1ccccc1OCCN(C)Cc1cnc(N)s1. The second-order valence-electron chi connectivity index (χ2n) is 4.52. The zero-order chi connectivity index (χ0) is 13.7. The summed E-state index contributed by atoms with van der Waals surface area (Å²) in [6.07, 6.45) is 1.83. The summed E-state index contributed by atoms with van der Waals surface area (Å²) in [6, 6.07) is 8.06. The van der Waals surface area contributed by atoms with Gasteiger partial charge in [-0.3, -0.25) is 4.90 Å². The fourth-order valence-electron chi connectivity index (χ4n) is 1.77. The van der Waals surface area contributed by atoms with Crippen molar-refractivity contribution in [3.05, 3.63) is 40.9 Å². The molecule has 0 aliphatic rings. The molecule has 4 nitrogen and oxygen atoms in total. The molecule has 19 heavy (non-hydrogen) atoms. The molecule has 0 fully saturated rings. The van der Waals surface area contributed by atoms with Crippen molar-refractivity contribution < 1.29 is 4.74 Å². The molecule has 0 atom stereocenters. The highest BCUT2D eigenvalue weighted by molar-refractivity contribution is 7.15. The summed E-state index contributed by atoms with van der Waals surface area (Å²) in [6.45, 7) is 4.45. The van der Waals surface area contributed by atoms with Crippen LogP contribution >= 0.6 is 11.3 Å². The van der Waals surface area contributed by atoms with Crippen molar-refractivity contribution in [2.75, 3.05) is 25.9 Å². The van der Waals surface area contributed by atoms with Gasteiger partial charge in [0.15, 0.2) is 5.13 Å². The van der Waals surface area contributed by atoms with Gasteiger partial charge in [0, 0.05) is 24.2 Å². The van der Waals surface area contributed by atoms with Gasteiger partial charge in [0.2, 0.25) is 0 Å². The maximum atomic E-state index is 5.77. The predicted molar refractivity (Wildman–Crippen MR) is 79.5 cm³/mol. The Morgan fingerprint density at radius 3 is 2.84 bits per heavy atom. The summed E-state index contributed by atoms with van der Waals surface area (Å²) in [5, 5.41) is 0.625. The van der Waals surface area contributed by atoms with Crippen LogP contribution in [-0.4, -0.2) is 30.1 Å². The minimum absolute atomic E-state index is 0.625. The Morgan fingerprint density at radius 2 is 2.16 bits per heavy atom. The minimum Gasteiger partial charge on any atom is -0.492 e. The van der Waals surface area contributed by atoms with Crippen molar-refractivity contribution in [1.82, 2.24) is 9.88 Å². The Kier molecular flexibility index (Phi) is 4.76. The summed E-state index contributed by atoms with van der Waals surface area (Å²) in [5.41, 5.74) is 6.78. The number of hydrogen-bond acceptors (Lipinski definition) is 5. The molecule has 5 heteroatoms. The first-order valence-corrected chi connectivity index (χ1v) is 7.04. The van der Waals surface area contributed by atoms with E-state index in [0.29, 0.717) is 11.7 Å². The van der Waals surface area contributed by atoms with Gasteiger partial charge in [-0.25, -0.2) is 4.98 Å². The number of ether oxygens (including phenoxy) is 1. The molecular formula is C14H19N3OS. The van der Waals surface area contributed by atoms with Crippen LogP contribution in [0.1, 0.15) is 10.4 Å². The second kappa shape index (κ2) is 6.54. The van der Waals surface area contributed by atoms with Gasteiger partial charge >= 0.3 is 0 Å². The number of aryl methyl sites for hydroxylation is 1. The Morgan fingerprint density at radius 1 is 1.37 bits per heavy atom. The van der Waals surface area contributed by atoms with E-state index in [1.165, 1.54) is 21.8 Å². The molecule has 0 saturated carbocycles. The van der Waals surface area contributed by atoms with Crippen molar-refractivity contribution in [2.45, 2.75) is 13.5 Å². The summed E-state index contributed by atoms with van der Waals surface area (Å²) < 4.78 is 5.77. The lowest BCUT2D eigenvalue weighted by Gasteiger charge is -2.16. The summed E-state index contributed by atoms with van der Waals surface area (Å²) in [7, 11) is 2.07. The van der Waals surface area contributed by atoms with E-state index in [1.54, 1.807) is 0 Å². The molecule has 1 aromatic carbocycles. The van der Waals surface area contributed by atoms with Crippen molar-refractivity contribution in [2.24, 2.45) is 0 Å². The monoisotopic (exact) mass is 277 g/mol. The van der Waals surface area contributed by atoms with Gasteiger partial charge in [0.05, 0.1) is 0 Å². The smallest absolute Gasteiger partial charge is 0.180 e. The maximum absolute atomic E-state index is 5.77. The molecule has 0 aliphatic heterocycles. The number of aromatic nitrogens is 1. The van der Waals surface area contributed by atoms with Gasteiger partial charge in [-0.1, -0.05) is 18.2 Å². The van der Waals surface area contributed by atoms with E-state index in [0.717, 1.165) is 18.8 Å². The highest BCUT2D eigenvalue weighted by atomic mass is 32.1. The van der Waals surface area contributed by atoms with Crippen molar-refractivity contribution in [3.63, 3.8) is 0 Å². The predicted octanol–water partition coefficient (Wildman–Crippen LogP) is 2.54. The number of nitrogens with two attached hydrogens (primary N) is 1. The lowest BCUT2D eigenvalue weighted by atomic mass is 10.2. The van der Waals surface area contributed by atoms with Gasteiger partial charge in [-0.05, 0) is 25.6 Å². The quantitative estimate of drug-likeness (QED) is 0.881. The fourth-order valence-corrected chi connectivity index (χ4v) is 2.54. The number of thiazole rings is 1. The third-order valence-electron chi connectivity index (χ3n) is 2.82. The van der Waals surface area contributed by atoms with Gasteiger partial charge < -0.3 is 10.5 Å². The normalized spacial score (nSPS) is 10.9. The molecule has 2 N–H and O–H groups in total. The van der Waals surface area contributed by atoms with Crippen LogP contribution in [0.25, 0.3) is 0 Å². The standard InChI is InChI=1S/C14H19N3OS/c1-11-5-3-4-6-13(11)18-8-7-17(2)10-12-9-16-14(15)19-12/h3-6,9H,7-8,10H2,1-2H3,(H2,15,16). The van der Waals surface area contributed by atoms with Crippen molar-refractivity contribution in [3.8, 4) is 5.75 Å². The number of anilines is 1. The van der Waals surface area contributed by atoms with E-state index >= 15 is 0 Å². The average molecular weight is 277 g/mol. The molecule has 0 amide bonds. The number of nitrogen functional groups attached to an aromatic ring is 1. The molecule has 0 unspecified atom stereocenters. The number of rotatable bonds is 6. The number of benzene rings is 1. The Hall–Kier alpha value is -1.59. The minimum atomic E-state index is 0.625. The Labute approximate surface area is 117 Å². The first-order valence-electron chi connectivity index (χ1n) is 6.22. The highest BCUT2D eigenvalue weighted by Gasteiger charge is 2.04. The zero-order valence-corrected chi connectivity index (χ0v) is 12.1. The van der Waals surface area contributed by atoms with E-state index in [4.69, 9.17) is 10.5 Å². The Balaban J connectivity index is 1.75. The van der Waals surface area contributed by atoms with Crippen LogP contribution < -0.4 is 10.5 Å². The van der Waals surface area contributed by atoms with E-state index in [1.807, 2.05) is 24.4 Å². The molecule has 0 radical (unpaired) electrons. The molecular weight excluding hydrogens is 258 g/mol. The summed E-state index contributed by atoms with van der Waals surface area (Å²) >= 11 is 1.53. The van der Waals surface area contributed by atoms with Crippen LogP contribution in [0, 0.1) is 6.92 Å². The van der Waals surface area contributed by atoms with E-state index in [-0.39, 0.29) is 0 Å². The second-order valence-corrected chi connectivity index (χ2v) is 5.66. The van der Waals surface area contributed by atoms with Crippen LogP contribution in [0.15, 0.2) is 30.5 Å². The molecule has 1 aromatic heterocycles. The van der Waals surface area contributed by atoms with Crippen LogP contribution in [-0.2, 0) is 6.54 Å². The first-order chi connectivity index (χ1) is 9.15. The van der Waals surface area contributed by atoms with Crippen LogP contribution in [0.4, 0.5) is 5.13 Å². The average Bonchev–Trinajstić information content (AvgIpc) is 2.77. The van der Waals surface area contributed by atoms with E-state index in [9.17, 15) is 0 Å². The molecule has 0 spiro atoms. The van der Waals surface area contributed by atoms with Crippen LogP contribution in [0.5, 0.6) is 5.75 Å².